The van der Waals surface area contributed by atoms with E-state index in [1.165, 1.54) is 0 Å². The summed E-state index contributed by atoms with van der Waals surface area (Å²) >= 11 is 5.97. The number of benzene rings is 2. The van der Waals surface area contributed by atoms with Crippen LogP contribution in [0.3, 0.4) is 0 Å². The summed E-state index contributed by atoms with van der Waals surface area (Å²) in [5, 5.41) is 7.44. The van der Waals surface area contributed by atoms with Gasteiger partial charge in [0.05, 0.1) is 12.8 Å². The molecule has 1 aliphatic heterocycles. The lowest BCUT2D eigenvalue weighted by Crippen LogP contribution is -2.28. The first-order valence-electron chi connectivity index (χ1n) is 7.51. The minimum Gasteiger partial charge on any atom is -0.497 e. The molecule has 0 saturated carbocycles. The molecule has 2 aromatic rings. The van der Waals surface area contributed by atoms with E-state index < -0.39 is 6.10 Å². The molecular weight excluding hydrogens is 328 g/mol. The second-order valence-corrected chi connectivity index (χ2v) is 5.95. The van der Waals surface area contributed by atoms with Gasteiger partial charge >= 0.3 is 0 Å². The second kappa shape index (κ2) is 6.93. The zero-order valence-electron chi connectivity index (χ0n) is 13.4. The molecule has 1 N–H and O–H groups in total. The number of anilines is 1. The Kier molecular flexibility index (Phi) is 4.71. The van der Waals surface area contributed by atoms with E-state index in [9.17, 15) is 4.79 Å². The Morgan fingerprint density at radius 1 is 1.29 bits per heavy atom. The van der Waals surface area contributed by atoms with E-state index >= 15 is 0 Å². The number of oxime groups is 1. The normalized spacial score (nSPS) is 16.3. The van der Waals surface area contributed by atoms with Crippen molar-refractivity contribution in [1.82, 2.24) is 0 Å². The summed E-state index contributed by atoms with van der Waals surface area (Å²) in [5.41, 5.74) is 3.25. The zero-order valence-corrected chi connectivity index (χ0v) is 14.1. The van der Waals surface area contributed by atoms with Crippen molar-refractivity contribution in [2.75, 3.05) is 12.4 Å². The van der Waals surface area contributed by atoms with E-state index in [1.807, 2.05) is 37.3 Å². The number of hydrogen-bond acceptors (Lipinski definition) is 4. The summed E-state index contributed by atoms with van der Waals surface area (Å²) in [5.74, 6) is 0.525. The lowest BCUT2D eigenvalue weighted by Gasteiger charge is -2.12. The summed E-state index contributed by atoms with van der Waals surface area (Å²) in [6.45, 7) is 1.90. The Labute approximate surface area is 145 Å². The molecule has 0 spiro atoms. The topological polar surface area (TPSA) is 59.9 Å². The molecule has 124 valence electrons. The summed E-state index contributed by atoms with van der Waals surface area (Å²) in [4.78, 5) is 17.7. The van der Waals surface area contributed by atoms with Crippen molar-refractivity contribution in [3.63, 3.8) is 0 Å². The van der Waals surface area contributed by atoms with Gasteiger partial charge in [0.2, 0.25) is 6.10 Å². The number of carbonyl (C=O) groups excluding carboxylic acids is 1. The Bertz CT molecular complexity index is 787. The van der Waals surface area contributed by atoms with Crippen LogP contribution in [0.25, 0.3) is 0 Å². The van der Waals surface area contributed by atoms with Gasteiger partial charge in [0.1, 0.15) is 5.75 Å². The van der Waals surface area contributed by atoms with Gasteiger partial charge in [-0.25, -0.2) is 0 Å². The van der Waals surface area contributed by atoms with Crippen LogP contribution in [-0.4, -0.2) is 24.8 Å². The van der Waals surface area contributed by atoms with E-state index in [-0.39, 0.29) is 5.91 Å². The van der Waals surface area contributed by atoms with Crippen molar-refractivity contribution in [3.05, 3.63) is 58.6 Å². The van der Waals surface area contributed by atoms with Crippen LogP contribution in [-0.2, 0) is 9.63 Å². The monoisotopic (exact) mass is 344 g/mol. The average Bonchev–Trinajstić information content (AvgIpc) is 3.08. The highest BCUT2D eigenvalue weighted by molar-refractivity contribution is 6.31. The minimum absolute atomic E-state index is 0.243. The lowest BCUT2D eigenvalue weighted by atomic mass is 10.0. The quantitative estimate of drug-likeness (QED) is 0.918. The maximum absolute atomic E-state index is 12.4. The van der Waals surface area contributed by atoms with Gasteiger partial charge in [-0.1, -0.05) is 22.8 Å². The van der Waals surface area contributed by atoms with E-state index in [0.717, 1.165) is 22.6 Å². The minimum atomic E-state index is -0.652. The number of nitrogens with zero attached hydrogens (tertiary/aromatic N) is 1. The van der Waals surface area contributed by atoms with Crippen LogP contribution in [0.4, 0.5) is 5.69 Å². The van der Waals surface area contributed by atoms with Crippen molar-refractivity contribution in [2.45, 2.75) is 19.4 Å². The molecule has 6 heteroatoms. The predicted molar refractivity (Wildman–Crippen MR) is 93.8 cm³/mol. The van der Waals surface area contributed by atoms with Crippen LogP contribution in [0.1, 0.15) is 17.5 Å². The molecule has 1 amide bonds. The van der Waals surface area contributed by atoms with Crippen molar-refractivity contribution in [3.8, 4) is 5.75 Å². The van der Waals surface area contributed by atoms with Crippen LogP contribution in [0.15, 0.2) is 47.6 Å². The number of halogens is 1. The number of methoxy groups -OCH3 is 1. The molecule has 0 fully saturated rings. The van der Waals surface area contributed by atoms with Crippen LogP contribution >= 0.6 is 11.6 Å². The van der Waals surface area contributed by atoms with Crippen molar-refractivity contribution in [1.29, 1.82) is 0 Å². The first kappa shape index (κ1) is 16.3. The SMILES string of the molecule is COc1ccc(C2=NOC(C(=O)Nc3cc(Cl)ccc3C)C2)cc1. The molecule has 24 heavy (non-hydrogen) atoms. The Hall–Kier alpha value is -2.53. The Balaban J connectivity index is 1.65. The summed E-state index contributed by atoms with van der Waals surface area (Å²) in [6, 6.07) is 12.8. The van der Waals surface area contributed by atoms with Crippen molar-refractivity contribution in [2.24, 2.45) is 5.16 Å². The van der Waals surface area contributed by atoms with Gasteiger partial charge in [-0.15, -0.1) is 0 Å². The molecule has 2 aromatic carbocycles. The maximum atomic E-state index is 12.4. The fraction of sp³-hybridized carbons (Fsp3) is 0.222. The first-order chi connectivity index (χ1) is 11.6. The van der Waals surface area contributed by atoms with Gasteiger partial charge < -0.3 is 14.9 Å². The zero-order chi connectivity index (χ0) is 17.1. The van der Waals surface area contributed by atoms with Crippen LogP contribution < -0.4 is 10.1 Å². The molecule has 0 bridgehead atoms. The number of ether oxygens (including phenoxy) is 1. The summed E-state index contributed by atoms with van der Waals surface area (Å²) in [7, 11) is 1.61. The van der Waals surface area contributed by atoms with Gasteiger partial charge in [0.25, 0.3) is 5.91 Å². The number of rotatable bonds is 4. The number of amides is 1. The van der Waals surface area contributed by atoms with Crippen LogP contribution in [0.2, 0.25) is 5.02 Å². The maximum Gasteiger partial charge on any atom is 0.268 e. The number of hydrogen-bond donors (Lipinski definition) is 1. The molecule has 0 radical (unpaired) electrons. The van der Waals surface area contributed by atoms with Crippen LogP contribution in [0, 0.1) is 6.92 Å². The van der Waals surface area contributed by atoms with Crippen LogP contribution in [0.5, 0.6) is 5.75 Å². The molecule has 0 aromatic heterocycles. The molecule has 5 nitrogen and oxygen atoms in total. The molecule has 1 heterocycles. The highest BCUT2D eigenvalue weighted by Crippen LogP contribution is 2.23. The van der Waals surface area contributed by atoms with Gasteiger partial charge in [0, 0.05) is 17.1 Å². The summed E-state index contributed by atoms with van der Waals surface area (Å²) < 4.78 is 5.13. The third kappa shape index (κ3) is 3.51. The van der Waals surface area contributed by atoms with Gasteiger partial charge in [-0.05, 0) is 54.4 Å². The lowest BCUT2D eigenvalue weighted by molar-refractivity contribution is -0.125. The number of carbonyl (C=O) groups is 1. The highest BCUT2D eigenvalue weighted by atomic mass is 35.5. The molecule has 0 saturated heterocycles. The molecule has 1 aliphatic rings. The fourth-order valence-corrected chi connectivity index (χ4v) is 2.59. The van der Waals surface area contributed by atoms with Gasteiger partial charge in [-0.3, -0.25) is 4.79 Å². The van der Waals surface area contributed by atoms with Crippen molar-refractivity contribution < 1.29 is 14.4 Å². The molecular formula is C18H17ClN2O3. The average molecular weight is 345 g/mol. The third-order valence-corrected chi connectivity index (χ3v) is 4.08. The van der Waals surface area contributed by atoms with Gasteiger partial charge in [0.15, 0.2) is 0 Å². The fourth-order valence-electron chi connectivity index (χ4n) is 2.41. The molecule has 1 atom stereocenters. The largest absolute Gasteiger partial charge is 0.497 e. The molecule has 3 rings (SSSR count). The van der Waals surface area contributed by atoms with Gasteiger partial charge in [-0.2, -0.15) is 0 Å². The molecule has 0 aliphatic carbocycles. The second-order valence-electron chi connectivity index (χ2n) is 5.51. The molecule has 1 unspecified atom stereocenters. The Morgan fingerprint density at radius 3 is 2.75 bits per heavy atom. The standard InChI is InChI=1S/C18H17ClN2O3/c1-11-3-6-13(19)9-15(11)20-18(22)17-10-16(21-24-17)12-4-7-14(23-2)8-5-12/h3-9,17H,10H2,1-2H3,(H,20,22). The van der Waals surface area contributed by atoms with E-state index in [1.54, 1.807) is 19.2 Å². The smallest absolute Gasteiger partial charge is 0.268 e. The summed E-state index contributed by atoms with van der Waals surface area (Å²) in [6.07, 6.45) is -0.238. The number of nitrogens with one attached hydrogen (secondary N) is 1. The third-order valence-electron chi connectivity index (χ3n) is 3.84. The first-order valence-corrected chi connectivity index (χ1v) is 7.89. The van der Waals surface area contributed by atoms with E-state index in [4.69, 9.17) is 21.2 Å². The number of aryl methyl sites for hydroxylation is 1. The van der Waals surface area contributed by atoms with E-state index in [2.05, 4.69) is 10.5 Å². The van der Waals surface area contributed by atoms with Crippen molar-refractivity contribution >= 4 is 28.9 Å². The van der Waals surface area contributed by atoms with E-state index in [0.29, 0.717) is 17.1 Å². The highest BCUT2D eigenvalue weighted by Gasteiger charge is 2.29. The predicted octanol–water partition coefficient (Wildman–Crippen LogP) is 3.79. The Morgan fingerprint density at radius 2 is 2.04 bits per heavy atom.